The van der Waals surface area contributed by atoms with Crippen LogP contribution in [0, 0.1) is 5.92 Å². The van der Waals surface area contributed by atoms with E-state index in [-0.39, 0.29) is 17.6 Å². The van der Waals surface area contributed by atoms with Crippen molar-refractivity contribution >= 4 is 29.5 Å². The molecule has 8 heteroatoms. The average molecular weight is 437 g/mol. The third-order valence-electron chi connectivity index (χ3n) is 6.39. The molecule has 5 N–H and O–H groups in total. The molecule has 2 aromatic rings. The van der Waals surface area contributed by atoms with Crippen molar-refractivity contribution in [1.29, 1.82) is 0 Å². The van der Waals surface area contributed by atoms with E-state index in [4.69, 9.17) is 10.5 Å². The van der Waals surface area contributed by atoms with Crippen molar-refractivity contribution in [1.82, 2.24) is 0 Å². The fourth-order valence-electron chi connectivity index (χ4n) is 4.24. The lowest BCUT2D eigenvalue weighted by atomic mass is 9.93. The molecule has 2 heterocycles. The molecule has 0 bridgehead atoms. The maximum atomic E-state index is 12.9. The summed E-state index contributed by atoms with van der Waals surface area (Å²) >= 11 is 0. The Bertz CT molecular complexity index is 1220. The first kappa shape index (κ1) is 20.5. The van der Waals surface area contributed by atoms with E-state index >= 15 is 0 Å². The number of rotatable bonds is 6. The van der Waals surface area contributed by atoms with E-state index in [1.54, 1.807) is 6.07 Å². The van der Waals surface area contributed by atoms with Crippen LogP contribution in [0.25, 0.3) is 6.20 Å². The number of nitrogens with zero attached hydrogens (tertiary/aromatic N) is 2. The molecular weight excluding hydrogens is 408 g/mol. The third kappa shape index (κ3) is 4.20. The van der Waals surface area contributed by atoms with Crippen LogP contribution in [0.1, 0.15) is 49.0 Å². The molecule has 1 amide bonds. The topological polar surface area (TPSA) is 112 Å². The normalized spacial score (nSPS) is 21.7. The number of benzene rings is 1. The monoisotopic (exact) mass is 436 g/mol. The summed E-state index contributed by atoms with van der Waals surface area (Å²) in [5, 5.41) is 24.6. The molecule has 3 aliphatic rings. The fourth-order valence-corrected chi connectivity index (χ4v) is 4.24. The number of aliphatic hydroxyl groups is 1. The Balaban J connectivity index is 1.46. The van der Waals surface area contributed by atoms with Crippen LogP contribution < -0.4 is 31.0 Å². The molecule has 0 atom stereocenters. The van der Waals surface area contributed by atoms with E-state index in [1.807, 2.05) is 18.3 Å². The Hall–Kier alpha value is -3.35. The lowest BCUT2D eigenvalue weighted by molar-refractivity contribution is -0.894. The zero-order valence-electron chi connectivity index (χ0n) is 17.8. The minimum absolute atomic E-state index is 0.0307. The fraction of sp³-hybridized carbons (Fsp3) is 0.417. The van der Waals surface area contributed by atoms with Gasteiger partial charge in [-0.1, -0.05) is 0 Å². The number of nitrogens with two attached hydrogens (primary N) is 1. The third-order valence-corrected chi connectivity index (χ3v) is 6.39. The Kier molecular flexibility index (Phi) is 5.33. The van der Waals surface area contributed by atoms with Crippen LogP contribution in [0.4, 0.5) is 11.5 Å². The van der Waals surface area contributed by atoms with Gasteiger partial charge in [0.1, 0.15) is 11.0 Å². The van der Waals surface area contributed by atoms with E-state index in [2.05, 4.69) is 15.8 Å². The zero-order valence-corrected chi connectivity index (χ0v) is 17.8. The van der Waals surface area contributed by atoms with Gasteiger partial charge in [0.25, 0.3) is 5.91 Å². The minimum Gasteiger partial charge on any atom is -0.491 e. The highest BCUT2D eigenvalue weighted by Gasteiger charge is 2.29. The van der Waals surface area contributed by atoms with Crippen LogP contribution in [-0.4, -0.2) is 45.4 Å². The molecule has 0 radical (unpaired) electrons. The van der Waals surface area contributed by atoms with Crippen molar-refractivity contribution in [2.75, 3.05) is 17.7 Å². The second kappa shape index (κ2) is 8.30. The summed E-state index contributed by atoms with van der Waals surface area (Å²) in [4.78, 5) is 12.9. The first-order valence-corrected chi connectivity index (χ1v) is 11.2. The number of nitrogen functional groups attached to an aromatic ring is 1. The second-order valence-corrected chi connectivity index (χ2v) is 8.90. The number of anilines is 2. The van der Waals surface area contributed by atoms with Crippen molar-refractivity contribution in [2.45, 2.75) is 50.7 Å². The van der Waals surface area contributed by atoms with Gasteiger partial charge in [-0.2, -0.15) is 4.58 Å². The standard InChI is InChI=1S/C24H26N4O4/c25-23-3-1-2-21(28(23)31)24(30)26-20-10-16-12-27(18-6-8-19(29)9-7-18)13-17(16)11-22(20)32-14-15-4-5-15/h1-3,10-12,15,18-19,25,29,31H,4-9,14H2/p+2. The molecular formula is C24H28N4O4+2. The number of fused-ring (bicyclic) bond motifs is 1. The molecule has 8 nitrogen and oxygen atoms in total. The maximum Gasteiger partial charge on any atom is 0.312 e. The first-order chi connectivity index (χ1) is 15.5. The van der Waals surface area contributed by atoms with Crippen LogP contribution in [0.5, 0.6) is 5.75 Å². The summed E-state index contributed by atoms with van der Waals surface area (Å²) < 4.78 is 8.81. The molecule has 32 heavy (non-hydrogen) atoms. The van der Waals surface area contributed by atoms with E-state index in [0.29, 0.717) is 34.7 Å². The first-order valence-electron chi connectivity index (χ1n) is 11.2. The highest BCUT2D eigenvalue weighted by Crippen LogP contribution is 2.31. The van der Waals surface area contributed by atoms with Gasteiger partial charge in [0.2, 0.25) is 5.69 Å². The highest BCUT2D eigenvalue weighted by molar-refractivity contribution is 6.02. The number of pyridine rings is 1. The summed E-state index contributed by atoms with van der Waals surface area (Å²) in [7, 11) is 0. The lowest BCUT2D eigenvalue weighted by Crippen LogP contribution is -2.42. The van der Waals surface area contributed by atoms with Gasteiger partial charge in [-0.3, -0.25) is 10.5 Å². The van der Waals surface area contributed by atoms with E-state index < -0.39 is 5.91 Å². The molecule has 2 fully saturated rings. The molecule has 1 aromatic heterocycles. The van der Waals surface area contributed by atoms with Crippen molar-refractivity contribution in [2.24, 2.45) is 5.92 Å². The summed E-state index contributed by atoms with van der Waals surface area (Å²) in [5.41, 5.74) is 6.28. The van der Waals surface area contributed by atoms with Gasteiger partial charge in [-0.15, -0.1) is 0 Å². The van der Waals surface area contributed by atoms with E-state index in [1.165, 1.54) is 12.1 Å². The van der Waals surface area contributed by atoms with Crippen molar-refractivity contribution in [3.63, 3.8) is 0 Å². The molecule has 2 saturated carbocycles. The van der Waals surface area contributed by atoms with Gasteiger partial charge in [-0.05, 0) is 54.5 Å². The van der Waals surface area contributed by atoms with Crippen LogP contribution in [0.3, 0.4) is 0 Å². The predicted molar refractivity (Wildman–Crippen MR) is 117 cm³/mol. The Morgan fingerprint density at radius 3 is 2.72 bits per heavy atom. The summed E-state index contributed by atoms with van der Waals surface area (Å²) in [6.45, 7) is 0.605. The summed E-state index contributed by atoms with van der Waals surface area (Å²) in [6, 6.07) is 8.72. The molecule has 0 spiro atoms. The van der Waals surface area contributed by atoms with Gasteiger partial charge >= 0.3 is 5.82 Å². The SMILES string of the molecule is Nc1cccc(C(=O)Nc2cc3c(cc2OCC2CC2)=C=[N+](C2CCC(O)CC2)C=3)[n+]1O. The van der Waals surface area contributed by atoms with Crippen LogP contribution in [0.15, 0.2) is 30.3 Å². The second-order valence-electron chi connectivity index (χ2n) is 8.90. The van der Waals surface area contributed by atoms with Crippen LogP contribution >= 0.6 is 0 Å². The Labute approximate surface area is 185 Å². The highest BCUT2D eigenvalue weighted by atomic mass is 16.5. The smallest absolute Gasteiger partial charge is 0.312 e. The molecule has 1 aliphatic heterocycles. The Morgan fingerprint density at radius 2 is 1.97 bits per heavy atom. The van der Waals surface area contributed by atoms with Gasteiger partial charge < -0.3 is 20.4 Å². The number of nitrogens with one attached hydrogen (secondary N) is 1. The quantitative estimate of drug-likeness (QED) is 0.383. The Morgan fingerprint density at radius 1 is 1.19 bits per heavy atom. The molecule has 5 rings (SSSR count). The molecule has 0 saturated heterocycles. The summed E-state index contributed by atoms with van der Waals surface area (Å²) in [6.07, 6.45) is 7.57. The van der Waals surface area contributed by atoms with E-state index in [0.717, 1.165) is 49.0 Å². The van der Waals surface area contributed by atoms with Crippen molar-refractivity contribution in [3.05, 3.63) is 46.5 Å². The average Bonchev–Trinajstić information content (AvgIpc) is 3.52. The molecule has 1 aromatic carbocycles. The molecule has 0 unspecified atom stereocenters. The van der Waals surface area contributed by atoms with Gasteiger partial charge in [0, 0.05) is 25.0 Å². The number of hydrogen-bond donors (Lipinski definition) is 4. The van der Waals surface area contributed by atoms with Gasteiger partial charge in [0.05, 0.1) is 23.6 Å². The van der Waals surface area contributed by atoms with Gasteiger partial charge in [0.15, 0.2) is 18.1 Å². The number of ether oxygens (including phenoxy) is 1. The lowest BCUT2D eigenvalue weighted by Gasteiger charge is -2.20. The number of aliphatic hydroxyl groups excluding tert-OH is 1. The zero-order chi connectivity index (χ0) is 22.2. The maximum absolute atomic E-state index is 12.9. The van der Waals surface area contributed by atoms with Crippen molar-refractivity contribution < 1.29 is 29.2 Å². The predicted octanol–water partition coefficient (Wildman–Crippen LogP) is 0.244. The van der Waals surface area contributed by atoms with Crippen LogP contribution in [0.2, 0.25) is 0 Å². The van der Waals surface area contributed by atoms with Crippen LogP contribution in [-0.2, 0) is 0 Å². The summed E-state index contributed by atoms with van der Waals surface area (Å²) in [5.74, 6) is 4.16. The number of amides is 1. The number of aromatic nitrogens is 1. The molecule has 2 aliphatic carbocycles. The number of carbonyl (C=O) groups is 1. The largest absolute Gasteiger partial charge is 0.491 e. The molecule has 166 valence electrons. The van der Waals surface area contributed by atoms with E-state index in [9.17, 15) is 15.1 Å². The van der Waals surface area contributed by atoms with Crippen molar-refractivity contribution in [3.8, 4) is 5.75 Å². The van der Waals surface area contributed by atoms with Gasteiger partial charge in [-0.25, -0.2) is 0 Å². The minimum atomic E-state index is -0.486. The number of hydrogen-bond acceptors (Lipinski definition) is 5. The number of carbonyl (C=O) groups excluding carboxylic acids is 1.